The Balaban J connectivity index is 1.78. The second kappa shape index (κ2) is 5.85. The molecule has 1 heterocycles. The quantitative estimate of drug-likeness (QED) is 0.676. The zero-order valence-electron chi connectivity index (χ0n) is 11.9. The summed E-state index contributed by atoms with van der Waals surface area (Å²) < 4.78 is 18.1. The molecule has 0 saturated carbocycles. The molecule has 2 aromatic rings. The van der Waals surface area contributed by atoms with Gasteiger partial charge in [-0.3, -0.25) is 10.2 Å². The standard InChI is InChI=1S/C16H14FN3O2/c1-10(19-20-13-5-3-12(17)4-6-13)11-2-7-15-14(8-11)18-16(21)9-22-15/h2-8,20H,9H2,1H3,(H,18,21)/b19-10-. The summed E-state index contributed by atoms with van der Waals surface area (Å²) in [6.07, 6.45) is 0. The van der Waals surface area contributed by atoms with Crippen molar-refractivity contribution in [1.29, 1.82) is 0 Å². The number of carbonyl (C=O) groups excluding carboxylic acids is 1. The van der Waals surface area contributed by atoms with E-state index in [1.165, 1.54) is 12.1 Å². The Labute approximate surface area is 126 Å². The van der Waals surface area contributed by atoms with Gasteiger partial charge in [-0.15, -0.1) is 0 Å². The van der Waals surface area contributed by atoms with Crippen LogP contribution in [0.5, 0.6) is 5.75 Å². The van der Waals surface area contributed by atoms with Crippen LogP contribution < -0.4 is 15.5 Å². The highest BCUT2D eigenvalue weighted by molar-refractivity contribution is 6.02. The van der Waals surface area contributed by atoms with Crippen LogP contribution in [0.3, 0.4) is 0 Å². The van der Waals surface area contributed by atoms with E-state index in [0.717, 1.165) is 11.3 Å². The number of hydrazone groups is 1. The van der Waals surface area contributed by atoms with Gasteiger partial charge in [0.15, 0.2) is 6.61 Å². The molecule has 3 rings (SSSR count). The molecular weight excluding hydrogens is 285 g/mol. The lowest BCUT2D eigenvalue weighted by Crippen LogP contribution is -2.25. The van der Waals surface area contributed by atoms with Crippen molar-refractivity contribution in [3.8, 4) is 5.75 Å². The summed E-state index contributed by atoms with van der Waals surface area (Å²) in [5.41, 5.74) is 5.76. The molecule has 0 saturated heterocycles. The number of nitrogens with one attached hydrogen (secondary N) is 2. The van der Waals surface area contributed by atoms with E-state index in [0.29, 0.717) is 17.1 Å². The van der Waals surface area contributed by atoms with E-state index in [1.807, 2.05) is 13.0 Å². The van der Waals surface area contributed by atoms with Crippen molar-refractivity contribution in [2.24, 2.45) is 5.10 Å². The molecule has 1 aliphatic heterocycles. The largest absolute Gasteiger partial charge is 0.482 e. The molecule has 22 heavy (non-hydrogen) atoms. The molecule has 0 radical (unpaired) electrons. The number of rotatable bonds is 3. The average Bonchev–Trinajstić information content (AvgIpc) is 2.53. The monoisotopic (exact) mass is 299 g/mol. The first-order valence-electron chi connectivity index (χ1n) is 6.75. The molecule has 112 valence electrons. The summed E-state index contributed by atoms with van der Waals surface area (Å²) in [4.78, 5) is 11.3. The second-order valence-electron chi connectivity index (χ2n) is 4.86. The number of carbonyl (C=O) groups is 1. The zero-order chi connectivity index (χ0) is 15.5. The summed E-state index contributed by atoms with van der Waals surface area (Å²) >= 11 is 0. The fourth-order valence-corrected chi connectivity index (χ4v) is 2.05. The first-order chi connectivity index (χ1) is 10.6. The van der Waals surface area contributed by atoms with Crippen molar-refractivity contribution in [3.63, 3.8) is 0 Å². The molecule has 0 fully saturated rings. The van der Waals surface area contributed by atoms with Crippen LogP contribution in [0.2, 0.25) is 0 Å². The van der Waals surface area contributed by atoms with Crippen molar-refractivity contribution in [2.45, 2.75) is 6.92 Å². The van der Waals surface area contributed by atoms with Crippen LogP contribution >= 0.6 is 0 Å². The van der Waals surface area contributed by atoms with E-state index in [1.54, 1.807) is 24.3 Å². The SMILES string of the molecule is C/C(=N/Nc1ccc(F)cc1)c1ccc2c(c1)NC(=O)CO2. The van der Waals surface area contributed by atoms with E-state index in [4.69, 9.17) is 4.74 Å². The fraction of sp³-hybridized carbons (Fsp3) is 0.125. The summed E-state index contributed by atoms with van der Waals surface area (Å²) in [6.45, 7) is 1.87. The smallest absolute Gasteiger partial charge is 0.262 e. The van der Waals surface area contributed by atoms with Crippen molar-refractivity contribution in [3.05, 3.63) is 53.8 Å². The Kier molecular flexibility index (Phi) is 3.74. The Hall–Kier alpha value is -2.89. The number of hydrogen-bond acceptors (Lipinski definition) is 4. The number of nitrogens with zero attached hydrogens (tertiary/aromatic N) is 1. The maximum atomic E-state index is 12.8. The predicted molar refractivity (Wildman–Crippen MR) is 82.8 cm³/mol. The van der Waals surface area contributed by atoms with Crippen molar-refractivity contribution >= 4 is 23.0 Å². The first kappa shape index (κ1) is 14.1. The molecule has 0 aliphatic carbocycles. The Morgan fingerprint density at radius 2 is 2.05 bits per heavy atom. The van der Waals surface area contributed by atoms with Gasteiger partial charge in [0.2, 0.25) is 0 Å². The van der Waals surface area contributed by atoms with Gasteiger partial charge in [-0.25, -0.2) is 4.39 Å². The van der Waals surface area contributed by atoms with Gasteiger partial charge in [-0.05, 0) is 55.0 Å². The molecule has 0 atom stereocenters. The Morgan fingerprint density at radius 3 is 2.82 bits per heavy atom. The van der Waals surface area contributed by atoms with Crippen LogP contribution in [0.1, 0.15) is 12.5 Å². The molecule has 1 aliphatic rings. The van der Waals surface area contributed by atoms with Gasteiger partial charge in [-0.1, -0.05) is 0 Å². The van der Waals surface area contributed by atoms with Crippen LogP contribution in [-0.2, 0) is 4.79 Å². The molecule has 1 amide bonds. The number of anilines is 2. The molecule has 2 aromatic carbocycles. The molecular formula is C16H14FN3O2. The van der Waals surface area contributed by atoms with Crippen molar-refractivity contribution in [2.75, 3.05) is 17.3 Å². The van der Waals surface area contributed by atoms with Gasteiger partial charge in [-0.2, -0.15) is 5.10 Å². The molecule has 6 heteroatoms. The van der Waals surface area contributed by atoms with Crippen LogP contribution in [0.4, 0.5) is 15.8 Å². The topological polar surface area (TPSA) is 62.7 Å². The van der Waals surface area contributed by atoms with E-state index >= 15 is 0 Å². The molecule has 5 nitrogen and oxygen atoms in total. The van der Waals surface area contributed by atoms with Crippen molar-refractivity contribution in [1.82, 2.24) is 0 Å². The highest BCUT2D eigenvalue weighted by Crippen LogP contribution is 2.28. The lowest BCUT2D eigenvalue weighted by atomic mass is 10.1. The van der Waals surface area contributed by atoms with Gasteiger partial charge >= 0.3 is 0 Å². The van der Waals surface area contributed by atoms with E-state index in [9.17, 15) is 9.18 Å². The lowest BCUT2D eigenvalue weighted by Gasteiger charge is -2.18. The minimum atomic E-state index is -0.295. The molecule has 2 N–H and O–H groups in total. The van der Waals surface area contributed by atoms with Gasteiger partial charge < -0.3 is 10.1 Å². The lowest BCUT2D eigenvalue weighted by molar-refractivity contribution is -0.118. The highest BCUT2D eigenvalue weighted by atomic mass is 19.1. The van der Waals surface area contributed by atoms with Gasteiger partial charge in [0.1, 0.15) is 11.6 Å². The number of amides is 1. The zero-order valence-corrected chi connectivity index (χ0v) is 11.9. The summed E-state index contributed by atoms with van der Waals surface area (Å²) in [5, 5.41) is 7.01. The van der Waals surface area contributed by atoms with E-state index < -0.39 is 0 Å². The van der Waals surface area contributed by atoms with Crippen LogP contribution in [-0.4, -0.2) is 18.2 Å². The number of ether oxygens (including phenoxy) is 1. The molecule has 0 unspecified atom stereocenters. The first-order valence-corrected chi connectivity index (χ1v) is 6.75. The highest BCUT2D eigenvalue weighted by Gasteiger charge is 2.16. The maximum absolute atomic E-state index is 12.8. The summed E-state index contributed by atoms with van der Waals surface area (Å²) in [6, 6.07) is 11.4. The molecule has 0 bridgehead atoms. The van der Waals surface area contributed by atoms with Crippen LogP contribution in [0, 0.1) is 5.82 Å². The average molecular weight is 299 g/mol. The third-order valence-electron chi connectivity index (χ3n) is 3.23. The van der Waals surface area contributed by atoms with E-state index in [-0.39, 0.29) is 18.3 Å². The van der Waals surface area contributed by atoms with Crippen LogP contribution in [0.15, 0.2) is 47.6 Å². The minimum Gasteiger partial charge on any atom is -0.482 e. The van der Waals surface area contributed by atoms with Crippen LogP contribution in [0.25, 0.3) is 0 Å². The van der Waals surface area contributed by atoms with Gasteiger partial charge in [0.25, 0.3) is 5.91 Å². The third kappa shape index (κ3) is 3.06. The van der Waals surface area contributed by atoms with Gasteiger partial charge in [0, 0.05) is 0 Å². The normalized spacial score (nSPS) is 13.9. The second-order valence-corrected chi connectivity index (χ2v) is 4.86. The number of hydrogen-bond donors (Lipinski definition) is 2. The number of halogens is 1. The minimum absolute atomic E-state index is 0.0333. The maximum Gasteiger partial charge on any atom is 0.262 e. The Morgan fingerprint density at radius 1 is 1.27 bits per heavy atom. The summed E-state index contributed by atoms with van der Waals surface area (Å²) in [7, 11) is 0. The number of fused-ring (bicyclic) bond motifs is 1. The molecule has 0 spiro atoms. The summed E-state index contributed by atoms with van der Waals surface area (Å²) in [5.74, 6) is 0.169. The fourth-order valence-electron chi connectivity index (χ4n) is 2.05. The van der Waals surface area contributed by atoms with E-state index in [2.05, 4.69) is 15.8 Å². The predicted octanol–water partition coefficient (Wildman–Crippen LogP) is 2.99. The van der Waals surface area contributed by atoms with Crippen molar-refractivity contribution < 1.29 is 13.9 Å². The molecule has 0 aromatic heterocycles. The third-order valence-corrected chi connectivity index (χ3v) is 3.23. The number of benzene rings is 2. The Bertz CT molecular complexity index is 742. The van der Waals surface area contributed by atoms with Gasteiger partial charge in [0.05, 0.1) is 17.1 Å².